The highest BCUT2D eigenvalue weighted by Crippen LogP contribution is 2.08. The van der Waals surface area contributed by atoms with Crippen molar-refractivity contribution in [2.75, 3.05) is 6.54 Å². The third-order valence-corrected chi connectivity index (χ3v) is 2.03. The van der Waals surface area contributed by atoms with Crippen LogP contribution in [0, 0.1) is 10.1 Å². The van der Waals surface area contributed by atoms with Gasteiger partial charge < -0.3 is 22.3 Å². The van der Waals surface area contributed by atoms with Crippen LogP contribution in [0.4, 0.5) is 0 Å². The molecule has 0 saturated heterocycles. The summed E-state index contributed by atoms with van der Waals surface area (Å²) in [5, 5.41) is 19.7. The van der Waals surface area contributed by atoms with E-state index in [1.54, 1.807) is 0 Å². The second-order valence-electron chi connectivity index (χ2n) is 3.52. The topological polar surface area (TPSA) is 171 Å². The highest BCUT2D eigenvalue weighted by molar-refractivity contribution is 5.85. The summed E-state index contributed by atoms with van der Waals surface area (Å²) in [4.78, 5) is 24.1. The van der Waals surface area contributed by atoms with E-state index < -0.39 is 23.0 Å². The van der Waals surface area contributed by atoms with Crippen LogP contribution in [0.1, 0.15) is 19.3 Å². The number of hydrogen-bond acceptors (Lipinski definition) is 5. The fraction of sp³-hybridized carbons (Fsp3) is 0.750. The summed E-state index contributed by atoms with van der Waals surface area (Å²) in [7, 11) is 0. The molecule has 7 N–H and O–H groups in total. The smallest absolute Gasteiger partial charge is 0.245 e. The first kappa shape index (κ1) is 15.1. The normalized spacial score (nSPS) is 13.7. The zero-order valence-electron chi connectivity index (χ0n) is 9.28. The van der Waals surface area contributed by atoms with Crippen LogP contribution in [0.15, 0.2) is 4.99 Å². The van der Waals surface area contributed by atoms with Gasteiger partial charge in [0.15, 0.2) is 12.0 Å². The fourth-order valence-corrected chi connectivity index (χ4v) is 1.25. The van der Waals surface area contributed by atoms with Crippen molar-refractivity contribution in [2.45, 2.75) is 31.4 Å². The van der Waals surface area contributed by atoms with E-state index in [1.165, 1.54) is 0 Å². The Hall–Kier alpha value is -1.90. The van der Waals surface area contributed by atoms with Crippen molar-refractivity contribution in [3.8, 4) is 0 Å². The monoisotopic (exact) mass is 247 g/mol. The van der Waals surface area contributed by atoms with Crippen LogP contribution >= 0.6 is 0 Å². The lowest BCUT2D eigenvalue weighted by Crippen LogP contribution is -2.40. The number of amides is 1. The van der Waals surface area contributed by atoms with E-state index in [0.29, 0.717) is 12.8 Å². The Morgan fingerprint density at radius 1 is 1.35 bits per heavy atom. The van der Waals surface area contributed by atoms with E-state index in [4.69, 9.17) is 17.2 Å². The molecule has 9 heteroatoms. The first-order chi connectivity index (χ1) is 7.84. The molecule has 0 aromatic carbocycles. The lowest BCUT2D eigenvalue weighted by molar-refractivity contribution is -0.480. The van der Waals surface area contributed by atoms with Crippen molar-refractivity contribution in [3.63, 3.8) is 0 Å². The third kappa shape index (κ3) is 7.06. The number of unbranched alkanes of at least 4 members (excludes halogenated alkanes) is 1. The SMILES string of the molecule is NC(=O)[C@@H](N=C(N)N)C(O)CCCC[N+](=O)[O-]. The van der Waals surface area contributed by atoms with Crippen LogP contribution in [-0.2, 0) is 4.79 Å². The van der Waals surface area contributed by atoms with Crippen molar-refractivity contribution in [3.05, 3.63) is 10.1 Å². The first-order valence-electron chi connectivity index (χ1n) is 5.02. The molecule has 0 aromatic heterocycles. The average molecular weight is 247 g/mol. The number of nitrogens with zero attached hydrogens (tertiary/aromatic N) is 2. The molecule has 0 bridgehead atoms. The highest BCUT2D eigenvalue weighted by atomic mass is 16.6. The molecule has 17 heavy (non-hydrogen) atoms. The van der Waals surface area contributed by atoms with Crippen molar-refractivity contribution in [1.82, 2.24) is 0 Å². The maximum atomic E-state index is 11.0. The van der Waals surface area contributed by atoms with Gasteiger partial charge in [-0.2, -0.15) is 0 Å². The quantitative estimate of drug-likeness (QED) is 0.126. The Kier molecular flexibility index (Phi) is 6.56. The summed E-state index contributed by atoms with van der Waals surface area (Å²) >= 11 is 0. The van der Waals surface area contributed by atoms with E-state index in [0.717, 1.165) is 0 Å². The highest BCUT2D eigenvalue weighted by Gasteiger charge is 2.23. The van der Waals surface area contributed by atoms with Crippen LogP contribution in [0.3, 0.4) is 0 Å². The maximum absolute atomic E-state index is 11.0. The predicted octanol–water partition coefficient (Wildman–Crippen LogP) is -2.08. The van der Waals surface area contributed by atoms with E-state index in [-0.39, 0.29) is 18.9 Å². The van der Waals surface area contributed by atoms with Crippen LogP contribution in [-0.4, -0.2) is 40.6 Å². The number of carbonyl (C=O) groups is 1. The Balaban J connectivity index is 4.16. The number of rotatable bonds is 8. The van der Waals surface area contributed by atoms with Gasteiger partial charge in [-0.15, -0.1) is 0 Å². The molecule has 0 fully saturated rings. The number of nitrogens with two attached hydrogens (primary N) is 3. The number of hydrogen-bond donors (Lipinski definition) is 4. The van der Waals surface area contributed by atoms with Crippen LogP contribution in [0.25, 0.3) is 0 Å². The molecule has 0 aliphatic rings. The van der Waals surface area contributed by atoms with Gasteiger partial charge in [0, 0.05) is 11.3 Å². The van der Waals surface area contributed by atoms with Crippen molar-refractivity contribution >= 4 is 11.9 Å². The third-order valence-electron chi connectivity index (χ3n) is 2.03. The molecular formula is C8H17N5O4. The predicted molar refractivity (Wildman–Crippen MR) is 60.5 cm³/mol. The molecule has 0 aromatic rings. The van der Waals surface area contributed by atoms with E-state index in [2.05, 4.69) is 4.99 Å². The van der Waals surface area contributed by atoms with E-state index in [9.17, 15) is 20.0 Å². The molecule has 1 unspecified atom stereocenters. The van der Waals surface area contributed by atoms with Gasteiger partial charge in [-0.05, 0) is 12.8 Å². The van der Waals surface area contributed by atoms with Gasteiger partial charge >= 0.3 is 0 Å². The van der Waals surface area contributed by atoms with Crippen molar-refractivity contribution in [1.29, 1.82) is 0 Å². The van der Waals surface area contributed by atoms with E-state index >= 15 is 0 Å². The van der Waals surface area contributed by atoms with E-state index in [1.807, 2.05) is 0 Å². The van der Waals surface area contributed by atoms with Gasteiger partial charge in [-0.1, -0.05) is 0 Å². The number of carbonyl (C=O) groups excluding carboxylic acids is 1. The zero-order valence-corrected chi connectivity index (χ0v) is 9.28. The van der Waals surface area contributed by atoms with Crippen molar-refractivity contribution < 1.29 is 14.8 Å². The van der Waals surface area contributed by atoms with Gasteiger partial charge in [0.05, 0.1) is 6.10 Å². The molecule has 98 valence electrons. The lowest BCUT2D eigenvalue weighted by atomic mass is 10.0. The maximum Gasteiger partial charge on any atom is 0.245 e. The van der Waals surface area contributed by atoms with Gasteiger partial charge in [-0.25, -0.2) is 4.99 Å². The largest absolute Gasteiger partial charge is 0.390 e. The fourth-order valence-electron chi connectivity index (χ4n) is 1.25. The van der Waals surface area contributed by atoms with Gasteiger partial charge in [0.25, 0.3) is 0 Å². The Labute approximate surface area is 97.8 Å². The number of aliphatic imine (C=N–C) groups is 1. The van der Waals surface area contributed by atoms with Crippen LogP contribution in [0.2, 0.25) is 0 Å². The summed E-state index contributed by atoms with van der Waals surface area (Å²) in [6.07, 6.45) is -0.289. The second-order valence-corrected chi connectivity index (χ2v) is 3.52. The van der Waals surface area contributed by atoms with Crippen molar-refractivity contribution in [2.24, 2.45) is 22.2 Å². The summed E-state index contributed by atoms with van der Waals surface area (Å²) in [5.74, 6) is -1.20. The molecule has 0 saturated carbocycles. The first-order valence-corrected chi connectivity index (χ1v) is 5.02. The van der Waals surface area contributed by atoms with Gasteiger partial charge in [0.2, 0.25) is 12.5 Å². The molecule has 2 atom stereocenters. The summed E-state index contributed by atoms with van der Waals surface area (Å²) in [6, 6.07) is -1.21. The number of primary amides is 1. The Bertz CT molecular complexity index is 302. The minimum Gasteiger partial charge on any atom is -0.390 e. The molecule has 0 heterocycles. The second kappa shape index (κ2) is 7.39. The van der Waals surface area contributed by atoms with Gasteiger partial charge in [0.1, 0.15) is 0 Å². The summed E-state index contributed by atoms with van der Waals surface area (Å²) < 4.78 is 0. The Morgan fingerprint density at radius 3 is 2.35 bits per heavy atom. The van der Waals surface area contributed by atoms with Gasteiger partial charge in [-0.3, -0.25) is 14.9 Å². The molecular weight excluding hydrogens is 230 g/mol. The average Bonchev–Trinajstić information content (AvgIpc) is 2.19. The number of aliphatic hydroxyl groups is 1. The Morgan fingerprint density at radius 2 is 1.94 bits per heavy atom. The molecule has 1 amide bonds. The molecule has 9 nitrogen and oxygen atoms in total. The summed E-state index contributed by atoms with van der Waals surface area (Å²) in [5.41, 5.74) is 15.2. The number of aliphatic hydroxyl groups excluding tert-OH is 1. The molecule has 0 rings (SSSR count). The molecule has 0 aliphatic heterocycles. The lowest BCUT2D eigenvalue weighted by Gasteiger charge is -2.15. The summed E-state index contributed by atoms with van der Waals surface area (Å²) in [6.45, 7) is -0.184. The van der Waals surface area contributed by atoms with Crippen LogP contribution < -0.4 is 17.2 Å². The van der Waals surface area contributed by atoms with Crippen LogP contribution in [0.5, 0.6) is 0 Å². The molecule has 0 radical (unpaired) electrons. The minimum atomic E-state index is -1.21. The minimum absolute atomic E-state index is 0.165. The molecule has 0 aliphatic carbocycles. The molecule has 0 spiro atoms. The zero-order chi connectivity index (χ0) is 13.4. The standard InChI is InChI=1S/C8H17N5O4/c9-7(15)6(12-8(10)11)5(14)3-1-2-4-13(16)17/h5-6,14H,1-4H2,(H2,9,15)(H4,10,11,12)/t5?,6-/m0/s1. The number of nitro groups is 1. The number of guanidine groups is 1.